The molecule has 0 bridgehead atoms. The molecule has 7 heteroatoms. The minimum Gasteiger partial charge on any atom is -0.489 e. The zero-order chi connectivity index (χ0) is 22.7. The number of nitrogens with zero attached hydrogens (tertiary/aromatic N) is 3. The van der Waals surface area contributed by atoms with Crippen molar-refractivity contribution >= 4 is 11.7 Å². The van der Waals surface area contributed by atoms with Gasteiger partial charge in [-0.2, -0.15) is 0 Å². The Hall–Kier alpha value is -2.67. The number of aliphatic carboxylic acids is 1. The molecule has 0 unspecified atom stereocenters. The van der Waals surface area contributed by atoms with E-state index in [9.17, 15) is 9.90 Å². The average molecular weight is 440 g/mol. The van der Waals surface area contributed by atoms with Gasteiger partial charge in [-0.15, -0.1) is 0 Å². The molecular formula is C25H33N3O4. The number of ether oxygens (including phenoxy) is 2. The molecule has 0 aromatic carbocycles. The van der Waals surface area contributed by atoms with Crippen molar-refractivity contribution in [2.75, 3.05) is 31.2 Å². The second-order valence-corrected chi connectivity index (χ2v) is 9.63. The molecule has 7 nitrogen and oxygen atoms in total. The summed E-state index contributed by atoms with van der Waals surface area (Å²) in [5.41, 5.74) is 4.43. The number of aryl methyl sites for hydroxylation is 1. The summed E-state index contributed by atoms with van der Waals surface area (Å²) >= 11 is 0. The van der Waals surface area contributed by atoms with Crippen LogP contribution in [0.5, 0.6) is 5.75 Å². The van der Waals surface area contributed by atoms with Crippen molar-refractivity contribution in [3.63, 3.8) is 0 Å². The van der Waals surface area contributed by atoms with E-state index in [1.165, 1.54) is 0 Å². The van der Waals surface area contributed by atoms with Crippen molar-refractivity contribution in [2.24, 2.45) is 5.41 Å². The van der Waals surface area contributed by atoms with Gasteiger partial charge >= 0.3 is 5.97 Å². The Balaban J connectivity index is 1.63. The molecule has 0 amide bonds. The summed E-state index contributed by atoms with van der Waals surface area (Å²) in [6.07, 6.45) is 7.89. The molecule has 0 spiro atoms. The van der Waals surface area contributed by atoms with E-state index >= 15 is 0 Å². The maximum atomic E-state index is 11.6. The molecule has 0 saturated carbocycles. The minimum absolute atomic E-state index is 0.0511. The lowest BCUT2D eigenvalue weighted by atomic mass is 9.82. The maximum absolute atomic E-state index is 11.6. The number of aromatic nitrogens is 2. The summed E-state index contributed by atoms with van der Waals surface area (Å²) in [6.45, 7) is 9.58. The number of pyridine rings is 2. The number of hydrogen-bond donors (Lipinski definition) is 1. The Kier molecular flexibility index (Phi) is 6.65. The molecule has 2 aliphatic heterocycles. The number of carboxylic acid groups (broad SMARTS) is 1. The second kappa shape index (κ2) is 9.45. The molecule has 32 heavy (non-hydrogen) atoms. The average Bonchev–Trinajstić information content (AvgIpc) is 3.28. The summed E-state index contributed by atoms with van der Waals surface area (Å²) in [4.78, 5) is 23.1. The van der Waals surface area contributed by atoms with E-state index in [0.29, 0.717) is 17.8 Å². The van der Waals surface area contributed by atoms with Crippen LogP contribution in [0.15, 0.2) is 24.5 Å². The first-order chi connectivity index (χ1) is 15.3. The SMILES string of the molecule is Cc1ncc(-c2ccc(OC[C@@H]3CCCO3)cn2)c(N2CCC(C)(C)CC2)c1CC(=O)O. The predicted octanol–water partition coefficient (Wildman–Crippen LogP) is 4.26. The number of piperidine rings is 1. The van der Waals surface area contributed by atoms with E-state index in [1.54, 1.807) is 6.20 Å². The molecule has 0 radical (unpaired) electrons. The Labute approximate surface area is 189 Å². The Bertz CT molecular complexity index is 942. The molecule has 2 aliphatic rings. The van der Waals surface area contributed by atoms with Crippen LogP contribution in [0.25, 0.3) is 11.3 Å². The molecule has 2 saturated heterocycles. The van der Waals surface area contributed by atoms with Gasteiger partial charge in [0.25, 0.3) is 0 Å². The quantitative estimate of drug-likeness (QED) is 0.690. The van der Waals surface area contributed by atoms with Crippen LogP contribution < -0.4 is 9.64 Å². The largest absolute Gasteiger partial charge is 0.489 e. The number of rotatable bonds is 7. The normalized spacial score (nSPS) is 20.3. The standard InChI is InChI=1S/C25H33N3O4/c1-17-20(13-23(29)30)24(28-10-8-25(2,3)9-11-28)21(15-26-17)22-7-6-18(14-27-22)32-16-19-5-4-12-31-19/h6-7,14-15,19H,4-5,8-13,16H2,1-3H3,(H,29,30)/t19-/m0/s1. The highest BCUT2D eigenvalue weighted by Gasteiger charge is 2.29. The fourth-order valence-electron chi connectivity index (χ4n) is 4.47. The van der Waals surface area contributed by atoms with Crippen LogP contribution in [0, 0.1) is 12.3 Å². The van der Waals surface area contributed by atoms with Gasteiger partial charge in [0, 0.05) is 42.7 Å². The summed E-state index contributed by atoms with van der Waals surface area (Å²) in [6, 6.07) is 3.84. The Morgan fingerprint density at radius 2 is 2.03 bits per heavy atom. The van der Waals surface area contributed by atoms with Gasteiger partial charge in [-0.05, 0) is 50.2 Å². The summed E-state index contributed by atoms with van der Waals surface area (Å²) in [5.74, 6) is -0.146. The molecular weight excluding hydrogens is 406 g/mol. The molecule has 1 atom stereocenters. The lowest BCUT2D eigenvalue weighted by molar-refractivity contribution is -0.136. The first-order valence-corrected chi connectivity index (χ1v) is 11.5. The highest BCUT2D eigenvalue weighted by molar-refractivity contribution is 5.83. The smallest absolute Gasteiger partial charge is 0.307 e. The zero-order valence-corrected chi connectivity index (χ0v) is 19.3. The van der Waals surface area contributed by atoms with Crippen LogP contribution in [0.4, 0.5) is 5.69 Å². The van der Waals surface area contributed by atoms with Gasteiger partial charge in [0.05, 0.1) is 30.1 Å². The molecule has 172 valence electrons. The van der Waals surface area contributed by atoms with E-state index in [4.69, 9.17) is 9.47 Å². The second-order valence-electron chi connectivity index (χ2n) is 9.63. The third kappa shape index (κ3) is 5.21. The summed E-state index contributed by atoms with van der Waals surface area (Å²) in [5, 5.41) is 9.56. The van der Waals surface area contributed by atoms with Gasteiger partial charge in [-0.25, -0.2) is 0 Å². The molecule has 4 heterocycles. The third-order valence-electron chi connectivity index (χ3n) is 6.60. The highest BCUT2D eigenvalue weighted by atomic mass is 16.5. The van der Waals surface area contributed by atoms with Crippen molar-refractivity contribution in [1.82, 2.24) is 9.97 Å². The molecule has 4 rings (SSSR count). The van der Waals surface area contributed by atoms with E-state index in [2.05, 4.69) is 28.7 Å². The molecule has 2 aromatic heterocycles. The number of carbonyl (C=O) groups is 1. The van der Waals surface area contributed by atoms with Crippen molar-refractivity contribution in [2.45, 2.75) is 59.0 Å². The molecule has 2 aromatic rings. The fraction of sp³-hybridized carbons (Fsp3) is 0.560. The van der Waals surface area contributed by atoms with Crippen LogP contribution in [-0.4, -0.2) is 53.5 Å². The number of anilines is 1. The molecule has 2 fully saturated rings. The van der Waals surface area contributed by atoms with Gasteiger partial charge in [0.15, 0.2) is 0 Å². The highest BCUT2D eigenvalue weighted by Crippen LogP contribution is 2.39. The topological polar surface area (TPSA) is 84.8 Å². The van der Waals surface area contributed by atoms with Crippen LogP contribution in [0.3, 0.4) is 0 Å². The first kappa shape index (κ1) is 22.5. The lowest BCUT2D eigenvalue weighted by Crippen LogP contribution is -2.38. The van der Waals surface area contributed by atoms with Gasteiger partial charge in [0.1, 0.15) is 12.4 Å². The first-order valence-electron chi connectivity index (χ1n) is 11.5. The molecule has 0 aliphatic carbocycles. The Morgan fingerprint density at radius 1 is 1.25 bits per heavy atom. The van der Waals surface area contributed by atoms with Crippen molar-refractivity contribution in [3.8, 4) is 17.0 Å². The van der Waals surface area contributed by atoms with Crippen molar-refractivity contribution in [1.29, 1.82) is 0 Å². The third-order valence-corrected chi connectivity index (χ3v) is 6.60. The summed E-state index contributed by atoms with van der Waals surface area (Å²) in [7, 11) is 0. The van der Waals surface area contributed by atoms with Gasteiger partial charge in [-0.1, -0.05) is 13.8 Å². The van der Waals surface area contributed by atoms with Gasteiger partial charge in [0.2, 0.25) is 0 Å². The number of carboxylic acids is 1. The predicted molar refractivity (Wildman–Crippen MR) is 123 cm³/mol. The van der Waals surface area contributed by atoms with Gasteiger partial charge < -0.3 is 19.5 Å². The van der Waals surface area contributed by atoms with Crippen LogP contribution >= 0.6 is 0 Å². The fourth-order valence-corrected chi connectivity index (χ4v) is 4.47. The van der Waals surface area contributed by atoms with Crippen molar-refractivity contribution in [3.05, 3.63) is 35.8 Å². The summed E-state index contributed by atoms with van der Waals surface area (Å²) < 4.78 is 11.5. The number of hydrogen-bond acceptors (Lipinski definition) is 6. The monoisotopic (exact) mass is 439 g/mol. The van der Waals surface area contributed by atoms with Crippen LogP contribution in [-0.2, 0) is 16.0 Å². The zero-order valence-electron chi connectivity index (χ0n) is 19.3. The van der Waals surface area contributed by atoms with E-state index < -0.39 is 5.97 Å². The van der Waals surface area contributed by atoms with Crippen molar-refractivity contribution < 1.29 is 19.4 Å². The van der Waals surface area contributed by atoms with Crippen LogP contribution in [0.1, 0.15) is 50.8 Å². The maximum Gasteiger partial charge on any atom is 0.307 e. The Morgan fingerprint density at radius 3 is 2.66 bits per heavy atom. The van der Waals surface area contributed by atoms with E-state index in [0.717, 1.165) is 73.6 Å². The molecule has 1 N–H and O–H groups in total. The minimum atomic E-state index is -0.850. The lowest BCUT2D eigenvalue weighted by Gasteiger charge is -2.40. The van der Waals surface area contributed by atoms with Gasteiger partial charge in [-0.3, -0.25) is 14.8 Å². The van der Waals surface area contributed by atoms with E-state index in [1.807, 2.05) is 25.3 Å². The van der Waals surface area contributed by atoms with Crippen LogP contribution in [0.2, 0.25) is 0 Å². The van der Waals surface area contributed by atoms with E-state index in [-0.39, 0.29) is 12.5 Å².